The Balaban J connectivity index is 0.000000591. The molecule has 0 amide bonds. The Labute approximate surface area is 640 Å². The molecule has 0 aliphatic heterocycles. The van der Waals surface area contributed by atoms with Crippen LogP contribution in [0.25, 0.3) is 88.4 Å². The van der Waals surface area contributed by atoms with Crippen molar-refractivity contribution in [1.82, 2.24) is 98.1 Å². The Hall–Kier alpha value is -12.6. The molecule has 108 heavy (non-hydrogen) atoms. The second-order valence-electron chi connectivity index (χ2n) is 19.4. The molecule has 0 bridgehead atoms. The van der Waals surface area contributed by atoms with Crippen LogP contribution in [0.2, 0.25) is 0 Å². The summed E-state index contributed by atoms with van der Waals surface area (Å²) in [7, 11) is 2.00. The van der Waals surface area contributed by atoms with Gasteiger partial charge >= 0.3 is 0 Å². The average Bonchev–Trinajstić information content (AvgIpc) is 1.74. The monoisotopic (exact) mass is 1450 g/mol. The molecule has 1 N–H and O–H groups in total. The number of hydrogen-bond acceptors (Lipinski definition) is 16. The Kier molecular flexibility index (Phi) is 51.7. The molecule has 14 aromatic heterocycles. The fourth-order valence-corrected chi connectivity index (χ4v) is 8.63. The van der Waals surface area contributed by atoms with Crippen molar-refractivity contribution in [2.24, 2.45) is 7.05 Å². The van der Waals surface area contributed by atoms with E-state index in [1.165, 1.54) is 5.52 Å². The van der Waals surface area contributed by atoms with Crippen LogP contribution in [-0.2, 0) is 7.05 Å². The number of nitrogens with zero attached hydrogens (tertiary/aromatic N) is 19. The number of rotatable bonds is 0. The molecule has 18 rings (SSSR count). The second kappa shape index (κ2) is 59.8. The summed E-state index contributed by atoms with van der Waals surface area (Å²) in [6, 6.07) is 55.1. The summed E-state index contributed by atoms with van der Waals surface area (Å²) < 4.78 is 5.85. The highest BCUT2D eigenvalue weighted by Crippen LogP contribution is 2.13. The molecule has 0 fully saturated rings. The molecule has 14 heterocycles. The second-order valence-corrected chi connectivity index (χ2v) is 19.4. The van der Waals surface area contributed by atoms with Gasteiger partial charge in [0.1, 0.15) is 12.2 Å². The largest absolute Gasteiger partial charge is 0.342 e. The van der Waals surface area contributed by atoms with Crippen LogP contribution in [0.4, 0.5) is 0 Å². The molecule has 0 radical (unpaired) electrons. The highest BCUT2D eigenvalue weighted by molar-refractivity contribution is 5.79. The zero-order chi connectivity index (χ0) is 80.0. The standard InChI is InChI=1S/2C8H8N2.5C8H6N2.2C7H7N3.9C2H6/c1-10-6-9-7-4-2-3-5-8(7)10;1-6-9-7-4-2-3-5-8(7)10-6;1-3-7-4-2-6-10-8(7)9-5-1;1-2-7-6-9-5-3-8(7)10-4-1;1-2-7-3-5-9-6-8(7)10-4-1;1-2-4-8-7(3-1)5-9-6-10-8;1-2-4-8-7(3-1)9-5-6-10-8;1-6-5-10-4-2-3-8-7(10)9-6;1-6-5-9-7-8-3-2-4-10(6)7;9*1-2/h2-6H,1H3;2-5H,1H3,(H,9,10);5*1-6H;2*2-5H,1H3;9*1-2H3. The van der Waals surface area contributed by atoms with E-state index in [0.717, 1.165) is 100 Å². The molecule has 0 saturated carbocycles. The molecule has 18 aromatic rings. The first-order chi connectivity index (χ1) is 53.3. The summed E-state index contributed by atoms with van der Waals surface area (Å²) in [5.41, 5.74) is 12.2. The Morgan fingerprint density at radius 1 is 0.306 bits per heavy atom. The maximum absolute atomic E-state index is 4.26. The van der Waals surface area contributed by atoms with Gasteiger partial charge in [0.25, 0.3) is 0 Å². The van der Waals surface area contributed by atoms with Gasteiger partial charge in [-0.05, 0) is 130 Å². The number of benzene rings is 4. The van der Waals surface area contributed by atoms with Gasteiger partial charge in [0, 0.05) is 127 Å². The SMILES string of the molecule is CC.CC.CC.CC.CC.CC.CC.CC.CC.Cc1cn2cccnc2n1.Cc1cnc2ncccn12.Cc1nc2ccccc2[nH]1.Cn1cnc2ccccc21.c1ccc2nccnc2c1.c1ccc2ncncc2c1.c1cnc2ccncc2c1.c1cnc2cnccc2c1.c1cnc2ncccc2c1. The number of pyridine rings is 6. The van der Waals surface area contributed by atoms with Gasteiger partial charge in [-0.2, -0.15) is 0 Å². The number of aromatic nitrogens is 20. The van der Waals surface area contributed by atoms with E-state index in [1.807, 2.05) is 373 Å². The maximum atomic E-state index is 4.26. The van der Waals surface area contributed by atoms with E-state index >= 15 is 0 Å². The van der Waals surface area contributed by atoms with Crippen molar-refractivity contribution in [1.29, 1.82) is 0 Å². The lowest BCUT2D eigenvalue weighted by Crippen LogP contribution is -1.87. The molecular formula is C88H114N20. The lowest BCUT2D eigenvalue weighted by molar-refractivity contribution is 0.948. The first-order valence-corrected chi connectivity index (χ1v) is 37.4. The summed E-state index contributed by atoms with van der Waals surface area (Å²) >= 11 is 0. The van der Waals surface area contributed by atoms with Crippen molar-refractivity contribution in [2.45, 2.75) is 145 Å². The average molecular weight is 1450 g/mol. The van der Waals surface area contributed by atoms with Crippen molar-refractivity contribution < 1.29 is 0 Å². The van der Waals surface area contributed by atoms with Crippen LogP contribution in [0.3, 0.4) is 0 Å². The zero-order valence-corrected chi connectivity index (χ0v) is 67.6. The highest BCUT2D eigenvalue weighted by atomic mass is 15.1. The molecule has 0 aliphatic carbocycles. The van der Waals surface area contributed by atoms with Gasteiger partial charge < -0.3 is 9.55 Å². The van der Waals surface area contributed by atoms with Gasteiger partial charge in [-0.1, -0.05) is 185 Å². The number of hydrogen-bond donors (Lipinski definition) is 1. The van der Waals surface area contributed by atoms with Crippen LogP contribution in [0, 0.1) is 20.8 Å². The molecule has 4 aromatic carbocycles. The van der Waals surface area contributed by atoms with E-state index in [4.69, 9.17) is 0 Å². The number of fused-ring (bicyclic) bond motifs is 9. The van der Waals surface area contributed by atoms with E-state index in [9.17, 15) is 0 Å². The van der Waals surface area contributed by atoms with Crippen LogP contribution in [0.5, 0.6) is 0 Å². The Morgan fingerprint density at radius 2 is 0.769 bits per heavy atom. The Morgan fingerprint density at radius 3 is 1.34 bits per heavy atom. The topological polar surface area (TPSA) is 236 Å². The van der Waals surface area contributed by atoms with Gasteiger partial charge in [-0.25, -0.2) is 49.8 Å². The van der Waals surface area contributed by atoms with Crippen LogP contribution in [0.15, 0.2) is 288 Å². The van der Waals surface area contributed by atoms with Crippen LogP contribution in [0.1, 0.15) is 142 Å². The minimum atomic E-state index is 0.764. The quantitative estimate of drug-likeness (QED) is 0.149. The molecular weight excluding hydrogens is 1340 g/mol. The first-order valence-electron chi connectivity index (χ1n) is 37.4. The van der Waals surface area contributed by atoms with Crippen molar-refractivity contribution in [3.63, 3.8) is 0 Å². The molecule has 20 heteroatoms. The van der Waals surface area contributed by atoms with Crippen molar-refractivity contribution in [3.8, 4) is 0 Å². The van der Waals surface area contributed by atoms with Crippen molar-refractivity contribution in [3.05, 3.63) is 305 Å². The van der Waals surface area contributed by atoms with E-state index in [2.05, 4.69) is 90.8 Å². The zero-order valence-electron chi connectivity index (χ0n) is 67.6. The number of aromatic amines is 1. The third-order valence-corrected chi connectivity index (χ3v) is 12.9. The Bertz CT molecular complexity index is 4200. The van der Waals surface area contributed by atoms with Gasteiger partial charge in [0.05, 0.1) is 74.1 Å². The number of imidazole rings is 4. The van der Waals surface area contributed by atoms with Crippen molar-refractivity contribution in [2.75, 3.05) is 0 Å². The number of aryl methyl sites for hydroxylation is 4. The molecule has 566 valence electrons. The third-order valence-electron chi connectivity index (χ3n) is 12.9. The molecule has 0 aliphatic rings. The fourth-order valence-electron chi connectivity index (χ4n) is 8.63. The van der Waals surface area contributed by atoms with Gasteiger partial charge in [0.15, 0.2) is 5.65 Å². The van der Waals surface area contributed by atoms with E-state index in [0.29, 0.717) is 0 Å². The lowest BCUT2D eigenvalue weighted by atomic mass is 10.2. The summed E-state index contributed by atoms with van der Waals surface area (Å²) in [5, 5.41) is 4.40. The van der Waals surface area contributed by atoms with E-state index in [1.54, 1.807) is 74.5 Å². The maximum Gasteiger partial charge on any atom is 0.233 e. The smallest absolute Gasteiger partial charge is 0.233 e. The van der Waals surface area contributed by atoms with Gasteiger partial charge in [-0.15, -0.1) is 0 Å². The predicted octanol–water partition coefficient (Wildman–Crippen LogP) is 22.9. The molecule has 0 spiro atoms. The number of H-pyrrole nitrogens is 1. The summed E-state index contributed by atoms with van der Waals surface area (Å²) in [4.78, 5) is 68.5. The highest BCUT2D eigenvalue weighted by Gasteiger charge is 1.99. The summed E-state index contributed by atoms with van der Waals surface area (Å²) in [5.74, 6) is 2.50. The van der Waals surface area contributed by atoms with Crippen molar-refractivity contribution >= 4 is 88.4 Å². The fraction of sp³-hybridized carbons (Fsp3) is 0.250. The van der Waals surface area contributed by atoms with E-state index < -0.39 is 0 Å². The minimum absolute atomic E-state index is 0.764. The van der Waals surface area contributed by atoms with Gasteiger partial charge in [-0.3, -0.25) is 38.7 Å². The predicted molar refractivity (Wildman–Crippen MR) is 457 cm³/mol. The summed E-state index contributed by atoms with van der Waals surface area (Å²) in [6.45, 7) is 41.9. The molecule has 20 nitrogen and oxygen atoms in total. The first kappa shape index (κ1) is 93.4. The van der Waals surface area contributed by atoms with Crippen LogP contribution < -0.4 is 0 Å². The normalized spacial score (nSPS) is 9.02. The number of nitrogens with one attached hydrogen (secondary N) is 1. The van der Waals surface area contributed by atoms with Crippen LogP contribution in [-0.4, -0.2) is 98.1 Å². The molecule has 0 saturated heterocycles. The summed E-state index contributed by atoms with van der Waals surface area (Å²) in [6.07, 6.45) is 33.8. The van der Waals surface area contributed by atoms with Crippen LogP contribution >= 0.6 is 0 Å². The molecule has 0 unspecified atom stereocenters. The third kappa shape index (κ3) is 33.0. The number of para-hydroxylation sites is 7. The molecule has 0 atom stereocenters. The van der Waals surface area contributed by atoms with Gasteiger partial charge in [0.2, 0.25) is 11.6 Å². The lowest BCUT2D eigenvalue weighted by Gasteiger charge is -1.90. The van der Waals surface area contributed by atoms with E-state index in [-0.39, 0.29) is 0 Å². The minimum Gasteiger partial charge on any atom is -0.342 e.